The first kappa shape index (κ1) is 31.6. The standard InChI is InChI=1S/C52H35NO/c1-2-14-39(15-3-1)44-19-6-9-25-49(44)53(50-26-10-7-20-45(50)47-23-13-24-48-46-21-8-11-27-51(46)54-52(47)48)41-34-32-37(33-35-41)36-28-30-40(31-29-36)43-22-12-17-38-16-4-5-18-42(38)43/h1-35H. The summed E-state index contributed by atoms with van der Waals surface area (Å²) >= 11 is 0. The highest BCUT2D eigenvalue weighted by molar-refractivity contribution is 6.11. The number of hydrogen-bond donors (Lipinski definition) is 0. The monoisotopic (exact) mass is 689 g/mol. The van der Waals surface area contributed by atoms with Crippen LogP contribution in [0.3, 0.4) is 0 Å². The molecule has 0 radical (unpaired) electrons. The normalized spacial score (nSPS) is 11.3. The van der Waals surface area contributed by atoms with Crippen LogP contribution in [0.25, 0.3) is 77.2 Å². The summed E-state index contributed by atoms with van der Waals surface area (Å²) in [4.78, 5) is 2.40. The van der Waals surface area contributed by atoms with Crippen molar-refractivity contribution in [1.29, 1.82) is 0 Å². The SMILES string of the molecule is c1ccc(-c2ccccc2N(c2ccc(-c3ccc(-c4cccc5ccccc45)cc3)cc2)c2ccccc2-c2cccc3c2oc2ccccc23)cc1. The van der Waals surface area contributed by atoms with Crippen LogP contribution in [0, 0.1) is 0 Å². The molecule has 0 bridgehead atoms. The quantitative estimate of drug-likeness (QED) is 0.166. The van der Waals surface area contributed by atoms with E-state index in [4.69, 9.17) is 4.42 Å². The van der Waals surface area contributed by atoms with E-state index in [0.29, 0.717) is 0 Å². The third kappa shape index (κ3) is 5.53. The van der Waals surface area contributed by atoms with Crippen LogP contribution in [0.5, 0.6) is 0 Å². The van der Waals surface area contributed by atoms with E-state index in [2.05, 4.69) is 205 Å². The van der Waals surface area contributed by atoms with Gasteiger partial charge in [0.1, 0.15) is 11.2 Å². The van der Waals surface area contributed by atoms with Crippen molar-refractivity contribution in [3.8, 4) is 44.5 Å². The molecule has 10 aromatic rings. The molecule has 0 N–H and O–H groups in total. The summed E-state index contributed by atoms with van der Waals surface area (Å²) in [5.74, 6) is 0. The van der Waals surface area contributed by atoms with Crippen LogP contribution >= 0.6 is 0 Å². The number of rotatable bonds is 7. The fourth-order valence-electron chi connectivity index (χ4n) is 7.92. The summed E-state index contributed by atoms with van der Waals surface area (Å²) in [6.45, 7) is 0. The molecular formula is C52H35NO. The first-order chi connectivity index (χ1) is 26.8. The van der Waals surface area contributed by atoms with Crippen LogP contribution in [0.15, 0.2) is 217 Å². The maximum atomic E-state index is 6.58. The van der Waals surface area contributed by atoms with Crippen molar-refractivity contribution in [2.45, 2.75) is 0 Å². The third-order valence-electron chi connectivity index (χ3n) is 10.5. The van der Waals surface area contributed by atoms with Crippen LogP contribution in [0.2, 0.25) is 0 Å². The molecule has 1 aromatic heterocycles. The molecule has 0 saturated heterocycles. The van der Waals surface area contributed by atoms with Crippen LogP contribution in [0.4, 0.5) is 17.1 Å². The van der Waals surface area contributed by atoms with Crippen LogP contribution in [-0.2, 0) is 0 Å². The topological polar surface area (TPSA) is 16.4 Å². The number of benzene rings is 9. The van der Waals surface area contributed by atoms with E-state index in [1.807, 2.05) is 12.1 Å². The van der Waals surface area contributed by atoms with Crippen LogP contribution in [-0.4, -0.2) is 0 Å². The lowest BCUT2D eigenvalue weighted by Gasteiger charge is -2.30. The minimum Gasteiger partial charge on any atom is -0.455 e. The van der Waals surface area contributed by atoms with Gasteiger partial charge in [0.15, 0.2) is 0 Å². The molecular weight excluding hydrogens is 655 g/mol. The second-order valence-electron chi connectivity index (χ2n) is 13.7. The molecule has 2 heteroatoms. The number of furan rings is 1. The molecule has 0 saturated carbocycles. The van der Waals surface area contributed by atoms with E-state index in [1.165, 1.54) is 33.0 Å². The largest absolute Gasteiger partial charge is 0.455 e. The Labute approximate surface area is 314 Å². The predicted molar refractivity (Wildman–Crippen MR) is 228 cm³/mol. The van der Waals surface area contributed by atoms with Gasteiger partial charge in [-0.25, -0.2) is 0 Å². The second-order valence-corrected chi connectivity index (χ2v) is 13.7. The van der Waals surface area contributed by atoms with Crippen molar-refractivity contribution in [2.24, 2.45) is 0 Å². The molecule has 0 amide bonds. The average Bonchev–Trinajstić information content (AvgIpc) is 3.64. The third-order valence-corrected chi connectivity index (χ3v) is 10.5. The Kier molecular flexibility index (Phi) is 7.85. The average molecular weight is 690 g/mol. The zero-order valence-electron chi connectivity index (χ0n) is 29.6. The molecule has 0 aliphatic carbocycles. The van der Waals surface area contributed by atoms with Gasteiger partial charge < -0.3 is 9.32 Å². The Morgan fingerprint density at radius 2 is 0.796 bits per heavy atom. The van der Waals surface area contributed by atoms with Gasteiger partial charge in [-0.05, 0) is 68.9 Å². The molecule has 10 rings (SSSR count). The molecule has 0 fully saturated rings. The smallest absolute Gasteiger partial charge is 0.143 e. The molecule has 1 heterocycles. The molecule has 254 valence electrons. The second kappa shape index (κ2) is 13.4. The number of anilines is 3. The molecule has 0 aliphatic rings. The van der Waals surface area contributed by atoms with E-state index in [-0.39, 0.29) is 0 Å². The molecule has 54 heavy (non-hydrogen) atoms. The van der Waals surface area contributed by atoms with Crippen LogP contribution < -0.4 is 4.90 Å². The maximum Gasteiger partial charge on any atom is 0.143 e. The predicted octanol–water partition coefficient (Wildman–Crippen LogP) is 14.9. The zero-order chi connectivity index (χ0) is 35.8. The van der Waals surface area contributed by atoms with Gasteiger partial charge in [0.25, 0.3) is 0 Å². The summed E-state index contributed by atoms with van der Waals surface area (Å²) in [6, 6.07) is 75.8. The van der Waals surface area contributed by atoms with Crippen molar-refractivity contribution < 1.29 is 4.42 Å². The summed E-state index contributed by atoms with van der Waals surface area (Å²) in [5, 5.41) is 4.76. The van der Waals surface area contributed by atoms with Crippen molar-refractivity contribution >= 4 is 49.8 Å². The Bertz CT molecular complexity index is 2920. The van der Waals surface area contributed by atoms with E-state index in [1.54, 1.807) is 0 Å². The molecule has 0 atom stereocenters. The Morgan fingerprint density at radius 3 is 1.59 bits per heavy atom. The van der Waals surface area contributed by atoms with E-state index in [0.717, 1.165) is 61.3 Å². The number of hydrogen-bond acceptors (Lipinski definition) is 2. The zero-order valence-corrected chi connectivity index (χ0v) is 29.6. The molecule has 9 aromatic carbocycles. The highest BCUT2D eigenvalue weighted by Crippen LogP contribution is 2.47. The number of nitrogens with zero attached hydrogens (tertiary/aromatic N) is 1. The van der Waals surface area contributed by atoms with Crippen molar-refractivity contribution in [2.75, 3.05) is 4.90 Å². The van der Waals surface area contributed by atoms with E-state index in [9.17, 15) is 0 Å². The number of fused-ring (bicyclic) bond motifs is 4. The first-order valence-corrected chi connectivity index (χ1v) is 18.4. The van der Waals surface area contributed by atoms with E-state index >= 15 is 0 Å². The lowest BCUT2D eigenvalue weighted by molar-refractivity contribution is 0.670. The van der Waals surface area contributed by atoms with Gasteiger partial charge in [-0.3, -0.25) is 0 Å². The Balaban J connectivity index is 1.10. The lowest BCUT2D eigenvalue weighted by atomic mass is 9.96. The fraction of sp³-hybridized carbons (Fsp3) is 0. The minimum absolute atomic E-state index is 0.893. The summed E-state index contributed by atoms with van der Waals surface area (Å²) < 4.78 is 6.58. The molecule has 0 unspecified atom stereocenters. The first-order valence-electron chi connectivity index (χ1n) is 18.4. The lowest BCUT2D eigenvalue weighted by Crippen LogP contribution is -2.12. The van der Waals surface area contributed by atoms with Crippen LogP contribution in [0.1, 0.15) is 0 Å². The van der Waals surface area contributed by atoms with E-state index < -0.39 is 0 Å². The highest BCUT2D eigenvalue weighted by atomic mass is 16.3. The van der Waals surface area contributed by atoms with Crippen molar-refractivity contribution in [3.05, 3.63) is 212 Å². The van der Waals surface area contributed by atoms with Gasteiger partial charge in [0.05, 0.1) is 11.4 Å². The summed E-state index contributed by atoms with van der Waals surface area (Å²) in [7, 11) is 0. The Morgan fingerprint density at radius 1 is 0.296 bits per heavy atom. The van der Waals surface area contributed by atoms with Gasteiger partial charge >= 0.3 is 0 Å². The Hall–Kier alpha value is -7.16. The van der Waals surface area contributed by atoms with Crippen molar-refractivity contribution in [3.63, 3.8) is 0 Å². The molecule has 0 aliphatic heterocycles. The molecule has 2 nitrogen and oxygen atoms in total. The highest BCUT2D eigenvalue weighted by Gasteiger charge is 2.22. The van der Waals surface area contributed by atoms with Gasteiger partial charge in [-0.2, -0.15) is 0 Å². The minimum atomic E-state index is 0.893. The number of para-hydroxylation sites is 4. The fourth-order valence-corrected chi connectivity index (χ4v) is 7.92. The summed E-state index contributed by atoms with van der Waals surface area (Å²) in [6.07, 6.45) is 0. The van der Waals surface area contributed by atoms with Gasteiger partial charge in [-0.15, -0.1) is 0 Å². The maximum absolute atomic E-state index is 6.58. The summed E-state index contributed by atoms with van der Waals surface area (Å²) in [5.41, 5.74) is 14.3. The van der Waals surface area contributed by atoms with Gasteiger partial charge in [0.2, 0.25) is 0 Å². The van der Waals surface area contributed by atoms with Gasteiger partial charge in [-0.1, -0.05) is 182 Å². The van der Waals surface area contributed by atoms with Gasteiger partial charge in [0, 0.05) is 33.2 Å². The molecule has 0 spiro atoms. The van der Waals surface area contributed by atoms with Crippen molar-refractivity contribution in [1.82, 2.24) is 0 Å².